The summed E-state index contributed by atoms with van der Waals surface area (Å²) in [7, 11) is 3.76. The molecule has 5 heterocycles. The van der Waals surface area contributed by atoms with Gasteiger partial charge >= 0.3 is 0 Å². The van der Waals surface area contributed by atoms with Crippen molar-refractivity contribution in [2.45, 2.75) is 57.4 Å². The van der Waals surface area contributed by atoms with Crippen LogP contribution in [0.3, 0.4) is 0 Å². The van der Waals surface area contributed by atoms with E-state index in [0.29, 0.717) is 48.3 Å². The van der Waals surface area contributed by atoms with Crippen LogP contribution in [0.4, 0.5) is 37.2 Å². The number of likely N-dealkylation sites (tertiary alicyclic amines) is 1. The molecule has 3 fully saturated rings. The first kappa shape index (κ1) is 37.4. The van der Waals surface area contributed by atoms with Gasteiger partial charge in [0.1, 0.15) is 23.7 Å². The van der Waals surface area contributed by atoms with Crippen LogP contribution in [0.25, 0.3) is 10.9 Å². The summed E-state index contributed by atoms with van der Waals surface area (Å²) in [6.45, 7) is 7.63. The quantitative estimate of drug-likeness (QED) is 0.222. The maximum atomic E-state index is 15.3. The molecule has 11 nitrogen and oxygen atoms in total. The molecule has 1 atom stereocenters. The van der Waals surface area contributed by atoms with Gasteiger partial charge in [0.2, 0.25) is 11.8 Å². The largest absolute Gasteiger partial charge is 0.374 e. The van der Waals surface area contributed by atoms with E-state index in [1.54, 1.807) is 22.8 Å². The van der Waals surface area contributed by atoms with E-state index in [1.165, 1.54) is 17.7 Å². The van der Waals surface area contributed by atoms with Gasteiger partial charge in [-0.15, -0.1) is 0 Å². The number of amides is 2. The number of benzene rings is 3. The number of pyridine rings is 1. The Morgan fingerprint density at radius 2 is 1.59 bits per heavy atom. The number of aromatic nitrogens is 1. The second-order valence-corrected chi connectivity index (χ2v) is 16.0. The Morgan fingerprint density at radius 1 is 0.821 bits per heavy atom. The zero-order valence-electron chi connectivity index (χ0n) is 32.2. The van der Waals surface area contributed by atoms with Crippen LogP contribution in [0.5, 0.6) is 0 Å². The second-order valence-electron chi connectivity index (χ2n) is 16.0. The summed E-state index contributed by atoms with van der Waals surface area (Å²) < 4.78 is 31.9. The first-order chi connectivity index (χ1) is 27.0. The molecule has 4 aromatic rings. The number of anilines is 5. The fourth-order valence-corrected chi connectivity index (χ4v) is 9.14. The molecule has 0 spiro atoms. The average Bonchev–Trinajstić information content (AvgIpc) is 3.19. The number of fused-ring (bicyclic) bond motifs is 2. The van der Waals surface area contributed by atoms with E-state index in [0.717, 1.165) is 86.4 Å². The number of halogens is 2. The van der Waals surface area contributed by atoms with Gasteiger partial charge in [-0.3, -0.25) is 19.7 Å². The summed E-state index contributed by atoms with van der Waals surface area (Å²) in [5.41, 5.74) is 6.24. The highest BCUT2D eigenvalue weighted by Gasteiger charge is 2.31. The Balaban J connectivity index is 0.932. The molecule has 3 saturated heterocycles. The standard InChI is InChI=1S/C43H48F2N8O3/c1-26-18-32-37(50(3)43(26)56)19-29(20-38(32)53-17-16-49(2)39-23-33(44)30(24-46)21-40(39)53)28-10-12-51(13-11-28)25-27-8-14-52(15-9-27)36-6-4-31(22-34(36)45)47-35-5-7-41(54)48-42(35)55/h4,6,18-23,27-28,35,47H,5,7-17,25H2,1-3H3,(H,48,54,55). The molecule has 1 unspecified atom stereocenters. The predicted molar refractivity (Wildman–Crippen MR) is 215 cm³/mol. The number of hydrogen-bond acceptors (Lipinski definition) is 9. The Kier molecular flexibility index (Phi) is 10.2. The van der Waals surface area contributed by atoms with Gasteiger partial charge in [0.05, 0.1) is 33.8 Å². The summed E-state index contributed by atoms with van der Waals surface area (Å²) in [6, 6.07) is 15.9. The van der Waals surface area contributed by atoms with Gasteiger partial charge in [0.15, 0.2) is 0 Å². The molecule has 4 aliphatic rings. The van der Waals surface area contributed by atoms with Gasteiger partial charge in [-0.2, -0.15) is 5.26 Å². The van der Waals surface area contributed by atoms with Gasteiger partial charge in [-0.1, -0.05) is 0 Å². The lowest BCUT2D eigenvalue weighted by atomic mass is 9.87. The smallest absolute Gasteiger partial charge is 0.253 e. The summed E-state index contributed by atoms with van der Waals surface area (Å²) in [4.78, 5) is 45.7. The van der Waals surface area contributed by atoms with Gasteiger partial charge in [-0.05, 0) is 112 Å². The third-order valence-corrected chi connectivity index (χ3v) is 12.4. The Hall–Kier alpha value is -5.48. The van der Waals surface area contributed by atoms with Crippen LogP contribution < -0.4 is 30.9 Å². The summed E-state index contributed by atoms with van der Waals surface area (Å²) in [6.07, 6.45) is 4.55. The highest BCUT2D eigenvalue weighted by atomic mass is 19.1. The van der Waals surface area contributed by atoms with E-state index in [1.807, 2.05) is 38.1 Å². The highest BCUT2D eigenvalue weighted by molar-refractivity contribution is 6.01. The molecule has 13 heteroatoms. The lowest BCUT2D eigenvalue weighted by Crippen LogP contribution is -2.47. The summed E-state index contributed by atoms with van der Waals surface area (Å²) >= 11 is 0. The van der Waals surface area contributed by atoms with Crippen LogP contribution in [0.15, 0.2) is 53.3 Å². The molecule has 2 amide bonds. The van der Waals surface area contributed by atoms with Crippen molar-refractivity contribution in [3.8, 4) is 6.07 Å². The van der Waals surface area contributed by atoms with Crippen molar-refractivity contribution in [1.82, 2.24) is 14.8 Å². The van der Waals surface area contributed by atoms with Crippen molar-refractivity contribution in [2.75, 3.05) is 72.9 Å². The maximum absolute atomic E-state index is 15.3. The second kappa shape index (κ2) is 15.2. The number of aryl methyl sites for hydroxylation is 2. The van der Waals surface area contributed by atoms with Crippen LogP contribution in [0, 0.1) is 35.8 Å². The van der Waals surface area contributed by atoms with Crippen molar-refractivity contribution in [3.63, 3.8) is 0 Å². The Bertz CT molecular complexity index is 2310. The maximum Gasteiger partial charge on any atom is 0.253 e. The van der Waals surface area contributed by atoms with Gasteiger partial charge in [0.25, 0.3) is 5.56 Å². The van der Waals surface area contributed by atoms with Crippen molar-refractivity contribution in [3.05, 3.63) is 87.2 Å². The number of rotatable bonds is 7. The first-order valence-corrected chi connectivity index (χ1v) is 19.7. The van der Waals surface area contributed by atoms with Crippen LogP contribution >= 0.6 is 0 Å². The molecule has 292 valence electrons. The molecule has 0 bridgehead atoms. The number of hydrogen-bond donors (Lipinski definition) is 2. The molecule has 3 aromatic carbocycles. The van der Waals surface area contributed by atoms with E-state index in [-0.39, 0.29) is 35.2 Å². The zero-order valence-corrected chi connectivity index (χ0v) is 32.2. The topological polar surface area (TPSA) is 117 Å². The molecule has 0 aliphatic carbocycles. The lowest BCUT2D eigenvalue weighted by Gasteiger charge is -2.39. The minimum Gasteiger partial charge on any atom is -0.374 e. The monoisotopic (exact) mass is 762 g/mol. The van der Waals surface area contributed by atoms with Crippen molar-refractivity contribution in [1.29, 1.82) is 5.26 Å². The molecule has 56 heavy (non-hydrogen) atoms. The fourth-order valence-electron chi connectivity index (χ4n) is 9.14. The molecular weight excluding hydrogens is 715 g/mol. The third-order valence-electron chi connectivity index (χ3n) is 12.4. The summed E-state index contributed by atoms with van der Waals surface area (Å²) in [5, 5.41) is 16.0. The van der Waals surface area contributed by atoms with Crippen molar-refractivity contribution < 1.29 is 18.4 Å². The number of nitrogens with one attached hydrogen (secondary N) is 2. The Morgan fingerprint density at radius 3 is 2.30 bits per heavy atom. The molecular formula is C43H48F2N8O3. The normalized spacial score (nSPS) is 19.9. The fraction of sp³-hybridized carbons (Fsp3) is 0.442. The lowest BCUT2D eigenvalue weighted by molar-refractivity contribution is -0.133. The molecule has 1 aromatic heterocycles. The van der Waals surface area contributed by atoms with Crippen molar-refractivity contribution >= 4 is 51.2 Å². The van der Waals surface area contributed by atoms with Crippen molar-refractivity contribution in [2.24, 2.45) is 13.0 Å². The van der Waals surface area contributed by atoms with Crippen LogP contribution in [-0.4, -0.2) is 80.2 Å². The number of carbonyl (C=O) groups is 2. The molecule has 0 radical (unpaired) electrons. The first-order valence-electron chi connectivity index (χ1n) is 19.7. The molecule has 2 N–H and O–H groups in total. The molecule has 4 aliphatic heterocycles. The zero-order chi connectivity index (χ0) is 39.2. The van der Waals surface area contributed by atoms with Crippen LogP contribution in [-0.2, 0) is 16.6 Å². The van der Waals surface area contributed by atoms with Gasteiger partial charge < -0.3 is 29.5 Å². The number of nitriles is 1. The van der Waals surface area contributed by atoms with E-state index in [2.05, 4.69) is 37.5 Å². The van der Waals surface area contributed by atoms with Gasteiger partial charge in [0, 0.05) is 75.9 Å². The summed E-state index contributed by atoms with van der Waals surface area (Å²) in [5.74, 6) is -0.701. The van der Waals surface area contributed by atoms with Gasteiger partial charge in [-0.25, -0.2) is 8.78 Å². The van der Waals surface area contributed by atoms with E-state index in [4.69, 9.17) is 0 Å². The van der Waals surface area contributed by atoms with Crippen LogP contribution in [0.2, 0.25) is 0 Å². The minimum atomic E-state index is -0.559. The average molecular weight is 763 g/mol. The van der Waals surface area contributed by atoms with E-state index in [9.17, 15) is 24.0 Å². The van der Waals surface area contributed by atoms with Crippen LogP contribution in [0.1, 0.15) is 61.1 Å². The number of piperidine rings is 3. The highest BCUT2D eigenvalue weighted by Crippen LogP contribution is 2.43. The molecule has 8 rings (SSSR count). The predicted octanol–water partition coefficient (Wildman–Crippen LogP) is 5.90. The Labute approximate surface area is 325 Å². The number of carbonyl (C=O) groups excluding carboxylic acids is 2. The van der Waals surface area contributed by atoms with E-state index >= 15 is 4.39 Å². The number of likely N-dealkylation sites (N-methyl/N-ethyl adjacent to an activating group) is 1. The minimum absolute atomic E-state index is 0.00791. The SMILES string of the molecule is Cc1cc2c(N3CCN(C)c4cc(F)c(C#N)cc43)cc(C3CCN(CC4CCN(c5ccc(NC6CCC(=O)NC6=O)cc5F)CC4)CC3)cc2n(C)c1=O. The number of nitrogens with zero attached hydrogens (tertiary/aromatic N) is 6. The molecule has 0 saturated carbocycles. The number of imide groups is 1. The van der Waals surface area contributed by atoms with E-state index < -0.39 is 11.9 Å². The third kappa shape index (κ3) is 7.18.